The predicted octanol–water partition coefficient (Wildman–Crippen LogP) is 2.00. The Morgan fingerprint density at radius 2 is 2.18 bits per heavy atom. The minimum atomic E-state index is -0.0774. The molecule has 0 aromatic carbocycles. The molecular weight excluding hydrogens is 234 g/mol. The van der Waals surface area contributed by atoms with Crippen molar-refractivity contribution in [1.82, 2.24) is 15.6 Å². The molecule has 0 spiro atoms. The first kappa shape index (κ1) is 14.1. The molecule has 5 heteroatoms. The molecular formula is C12H21N3OS. The van der Waals surface area contributed by atoms with Crippen molar-refractivity contribution < 1.29 is 4.79 Å². The Kier molecular flexibility index (Phi) is 6.15. The van der Waals surface area contributed by atoms with Crippen LogP contribution in [0.25, 0.3) is 0 Å². The van der Waals surface area contributed by atoms with Crippen LogP contribution in [0.5, 0.6) is 0 Å². The van der Waals surface area contributed by atoms with Gasteiger partial charge in [0, 0.05) is 24.4 Å². The van der Waals surface area contributed by atoms with Gasteiger partial charge in [-0.2, -0.15) is 0 Å². The first-order valence-electron chi connectivity index (χ1n) is 6.09. The second-order valence-electron chi connectivity index (χ2n) is 4.23. The van der Waals surface area contributed by atoms with Gasteiger partial charge >= 0.3 is 0 Å². The first-order valence-corrected chi connectivity index (χ1v) is 6.97. The van der Waals surface area contributed by atoms with Gasteiger partial charge in [-0.3, -0.25) is 4.79 Å². The molecule has 0 aliphatic heterocycles. The Morgan fingerprint density at radius 1 is 1.41 bits per heavy atom. The quantitative estimate of drug-likeness (QED) is 0.733. The number of nitrogens with one attached hydrogen (secondary N) is 2. The molecule has 1 aromatic rings. The Morgan fingerprint density at radius 3 is 2.76 bits per heavy atom. The van der Waals surface area contributed by atoms with Crippen molar-refractivity contribution in [1.29, 1.82) is 0 Å². The number of hydrogen-bond donors (Lipinski definition) is 2. The van der Waals surface area contributed by atoms with Crippen LogP contribution in [0.1, 0.15) is 48.6 Å². The third kappa shape index (κ3) is 4.83. The molecule has 96 valence electrons. The topological polar surface area (TPSA) is 54.0 Å². The van der Waals surface area contributed by atoms with Crippen molar-refractivity contribution in [2.75, 3.05) is 19.6 Å². The van der Waals surface area contributed by atoms with Crippen LogP contribution in [-0.2, 0) is 0 Å². The lowest BCUT2D eigenvalue weighted by Gasteiger charge is -2.04. The van der Waals surface area contributed by atoms with Gasteiger partial charge in [-0.25, -0.2) is 4.98 Å². The van der Waals surface area contributed by atoms with Crippen LogP contribution in [0.4, 0.5) is 0 Å². The summed E-state index contributed by atoms with van der Waals surface area (Å²) in [6.07, 6.45) is 1.11. The number of nitrogens with zero attached hydrogens (tertiary/aromatic N) is 1. The van der Waals surface area contributed by atoms with Crippen LogP contribution in [0.3, 0.4) is 0 Å². The molecule has 0 fully saturated rings. The van der Waals surface area contributed by atoms with E-state index in [4.69, 9.17) is 0 Å². The average molecular weight is 255 g/mol. The standard InChI is InChI=1S/C12H21N3OS/c1-4-5-13-6-7-14-11(16)10-8-17-12(15-10)9(2)3/h8-9,13H,4-7H2,1-3H3,(H,14,16). The molecule has 17 heavy (non-hydrogen) atoms. The van der Waals surface area contributed by atoms with Gasteiger partial charge in [0.05, 0.1) is 5.01 Å². The zero-order valence-corrected chi connectivity index (χ0v) is 11.6. The molecule has 0 aliphatic carbocycles. The lowest BCUT2D eigenvalue weighted by Crippen LogP contribution is -2.32. The summed E-state index contributed by atoms with van der Waals surface area (Å²) >= 11 is 1.55. The summed E-state index contributed by atoms with van der Waals surface area (Å²) in [5.41, 5.74) is 0.536. The van der Waals surface area contributed by atoms with Crippen LogP contribution < -0.4 is 10.6 Å². The summed E-state index contributed by atoms with van der Waals surface area (Å²) in [5, 5.41) is 8.92. The zero-order valence-electron chi connectivity index (χ0n) is 10.7. The van der Waals surface area contributed by atoms with Crippen LogP contribution in [0.2, 0.25) is 0 Å². The third-order valence-electron chi connectivity index (χ3n) is 2.26. The van der Waals surface area contributed by atoms with Gasteiger partial charge in [0.2, 0.25) is 0 Å². The fraction of sp³-hybridized carbons (Fsp3) is 0.667. The largest absolute Gasteiger partial charge is 0.349 e. The van der Waals surface area contributed by atoms with Crippen molar-refractivity contribution in [2.24, 2.45) is 0 Å². The average Bonchev–Trinajstić information content (AvgIpc) is 2.78. The monoisotopic (exact) mass is 255 g/mol. The van der Waals surface area contributed by atoms with E-state index in [0.717, 1.165) is 24.5 Å². The Labute approximate surface area is 107 Å². The van der Waals surface area contributed by atoms with Crippen molar-refractivity contribution in [2.45, 2.75) is 33.1 Å². The highest BCUT2D eigenvalue weighted by Gasteiger charge is 2.11. The molecule has 1 amide bonds. The van der Waals surface area contributed by atoms with E-state index in [9.17, 15) is 4.79 Å². The summed E-state index contributed by atoms with van der Waals surface area (Å²) in [7, 11) is 0. The van der Waals surface area contributed by atoms with Gasteiger partial charge in [0.1, 0.15) is 5.69 Å². The molecule has 1 heterocycles. The van der Waals surface area contributed by atoms with E-state index in [2.05, 4.69) is 36.4 Å². The number of hydrogen-bond acceptors (Lipinski definition) is 4. The molecule has 0 saturated heterocycles. The van der Waals surface area contributed by atoms with E-state index in [0.29, 0.717) is 18.2 Å². The molecule has 0 unspecified atom stereocenters. The normalized spacial score (nSPS) is 10.8. The van der Waals surface area contributed by atoms with E-state index >= 15 is 0 Å². The maximum Gasteiger partial charge on any atom is 0.270 e. The second kappa shape index (κ2) is 7.40. The summed E-state index contributed by atoms with van der Waals surface area (Å²) in [6.45, 7) is 8.72. The van der Waals surface area contributed by atoms with Gasteiger partial charge in [-0.1, -0.05) is 20.8 Å². The smallest absolute Gasteiger partial charge is 0.270 e. The van der Waals surface area contributed by atoms with Crippen molar-refractivity contribution in [3.63, 3.8) is 0 Å². The SMILES string of the molecule is CCCNCCNC(=O)c1csc(C(C)C)n1. The molecule has 0 aliphatic rings. The number of amides is 1. The third-order valence-corrected chi connectivity index (χ3v) is 3.41. The highest BCUT2D eigenvalue weighted by molar-refractivity contribution is 7.09. The van der Waals surface area contributed by atoms with E-state index in [-0.39, 0.29) is 5.91 Å². The van der Waals surface area contributed by atoms with Gasteiger partial charge in [-0.15, -0.1) is 11.3 Å². The summed E-state index contributed by atoms with van der Waals surface area (Å²) in [5.74, 6) is 0.305. The van der Waals surface area contributed by atoms with Crippen molar-refractivity contribution >= 4 is 17.2 Å². The molecule has 0 saturated carbocycles. The lowest BCUT2D eigenvalue weighted by atomic mass is 10.2. The number of rotatable bonds is 7. The molecule has 0 radical (unpaired) electrons. The molecule has 1 aromatic heterocycles. The van der Waals surface area contributed by atoms with Gasteiger partial charge in [0.25, 0.3) is 5.91 Å². The second-order valence-corrected chi connectivity index (χ2v) is 5.12. The molecule has 0 atom stereocenters. The molecule has 4 nitrogen and oxygen atoms in total. The van der Waals surface area contributed by atoms with Crippen molar-refractivity contribution in [3.8, 4) is 0 Å². The number of carbonyl (C=O) groups is 1. The van der Waals surface area contributed by atoms with Gasteiger partial charge < -0.3 is 10.6 Å². The van der Waals surface area contributed by atoms with Gasteiger partial charge in [-0.05, 0) is 13.0 Å². The lowest BCUT2D eigenvalue weighted by molar-refractivity contribution is 0.0949. The Bertz CT molecular complexity index is 349. The minimum Gasteiger partial charge on any atom is -0.349 e. The highest BCUT2D eigenvalue weighted by atomic mass is 32.1. The van der Waals surface area contributed by atoms with Crippen LogP contribution in [0.15, 0.2) is 5.38 Å². The fourth-order valence-corrected chi connectivity index (χ4v) is 2.13. The molecule has 1 rings (SSSR count). The summed E-state index contributed by atoms with van der Waals surface area (Å²) < 4.78 is 0. The fourth-order valence-electron chi connectivity index (χ4n) is 1.31. The number of aromatic nitrogens is 1. The summed E-state index contributed by atoms with van der Waals surface area (Å²) in [6, 6.07) is 0. The number of thiazole rings is 1. The van der Waals surface area contributed by atoms with E-state index < -0.39 is 0 Å². The zero-order chi connectivity index (χ0) is 12.7. The minimum absolute atomic E-state index is 0.0774. The van der Waals surface area contributed by atoms with E-state index in [1.807, 2.05) is 5.38 Å². The van der Waals surface area contributed by atoms with Crippen LogP contribution in [-0.4, -0.2) is 30.5 Å². The van der Waals surface area contributed by atoms with Crippen molar-refractivity contribution in [3.05, 3.63) is 16.1 Å². The van der Waals surface area contributed by atoms with Crippen LogP contribution in [0, 0.1) is 0 Å². The molecule has 0 bridgehead atoms. The van der Waals surface area contributed by atoms with Gasteiger partial charge in [0.15, 0.2) is 0 Å². The van der Waals surface area contributed by atoms with E-state index in [1.165, 1.54) is 0 Å². The maximum absolute atomic E-state index is 11.7. The first-order chi connectivity index (χ1) is 8.15. The Hall–Kier alpha value is -0.940. The van der Waals surface area contributed by atoms with E-state index in [1.54, 1.807) is 11.3 Å². The molecule has 2 N–H and O–H groups in total. The maximum atomic E-state index is 11.7. The Balaban J connectivity index is 2.31. The van der Waals surface area contributed by atoms with Crippen LogP contribution >= 0.6 is 11.3 Å². The summed E-state index contributed by atoms with van der Waals surface area (Å²) in [4.78, 5) is 16.0. The number of carbonyl (C=O) groups excluding carboxylic acids is 1. The predicted molar refractivity (Wildman–Crippen MR) is 71.7 cm³/mol. The highest BCUT2D eigenvalue weighted by Crippen LogP contribution is 2.18.